The molecule has 4 heteroatoms. The molecule has 21 rings (SSSR count). The van der Waals surface area contributed by atoms with Crippen molar-refractivity contribution in [1.82, 2.24) is 0 Å². The van der Waals surface area contributed by atoms with Gasteiger partial charge in [-0.1, -0.05) is 303 Å². The van der Waals surface area contributed by atoms with Gasteiger partial charge in [-0.3, -0.25) is 0 Å². The highest BCUT2D eigenvalue weighted by Gasteiger charge is 2.21. The average molecular weight is 1450 g/mol. The predicted octanol–water partition coefficient (Wildman–Crippen LogP) is 31.5. The Morgan fingerprint density at radius 2 is 0.325 bits per heavy atom. The van der Waals surface area contributed by atoms with Crippen LogP contribution in [0.3, 0.4) is 0 Å². The van der Waals surface area contributed by atoms with E-state index >= 15 is 0 Å². The molecule has 0 heterocycles. The smallest absolute Gasteiger partial charge is 0.0540 e. The van der Waals surface area contributed by atoms with Gasteiger partial charge in [0.1, 0.15) is 0 Å². The van der Waals surface area contributed by atoms with E-state index < -0.39 is 0 Å². The van der Waals surface area contributed by atoms with Crippen molar-refractivity contribution in [1.29, 1.82) is 0 Å². The maximum atomic E-state index is 2.37. The Labute approximate surface area is 664 Å². The molecule has 0 fully saturated rings. The summed E-state index contributed by atoms with van der Waals surface area (Å²) in [4.78, 5) is 9.42. The van der Waals surface area contributed by atoms with Crippen LogP contribution < -0.4 is 19.6 Å². The third-order valence-corrected chi connectivity index (χ3v) is 22.3. The Hall–Kier alpha value is -15.1. The monoisotopic (exact) mass is 1450 g/mol. The van der Waals surface area contributed by atoms with E-state index in [-0.39, 0.29) is 0 Å². The number of benzene rings is 21. The third kappa shape index (κ3) is 13.3. The van der Waals surface area contributed by atoms with Gasteiger partial charge in [0.2, 0.25) is 0 Å². The van der Waals surface area contributed by atoms with Crippen molar-refractivity contribution in [3.8, 4) is 33.4 Å². The van der Waals surface area contributed by atoms with E-state index in [4.69, 9.17) is 0 Å². The van der Waals surface area contributed by atoms with Crippen LogP contribution in [0.2, 0.25) is 0 Å². The fourth-order valence-electron chi connectivity index (χ4n) is 16.7. The molecule has 0 bridgehead atoms. The molecule has 0 saturated heterocycles. The Bertz CT molecular complexity index is 6630. The van der Waals surface area contributed by atoms with Gasteiger partial charge in [0.25, 0.3) is 0 Å². The summed E-state index contributed by atoms with van der Waals surface area (Å²) >= 11 is 0. The van der Waals surface area contributed by atoms with Crippen molar-refractivity contribution in [2.45, 2.75) is 0 Å². The fourth-order valence-corrected chi connectivity index (χ4v) is 16.7. The molecule has 0 aliphatic rings. The summed E-state index contributed by atoms with van der Waals surface area (Å²) in [5.41, 5.74) is 20.6. The molecule has 536 valence electrons. The molecular formula is C110H76N4. The quantitative estimate of drug-likeness (QED) is 0.0749. The first kappa shape index (κ1) is 68.2. The van der Waals surface area contributed by atoms with Crippen LogP contribution in [0.15, 0.2) is 461 Å². The number of nitrogens with zero attached hydrogens (tertiary/aromatic N) is 4. The second-order valence-corrected chi connectivity index (χ2v) is 29.2. The van der Waals surface area contributed by atoms with Crippen molar-refractivity contribution in [2.24, 2.45) is 0 Å². The molecule has 0 unspecified atom stereocenters. The van der Waals surface area contributed by atoms with Gasteiger partial charge in [0.15, 0.2) is 0 Å². The predicted molar refractivity (Wildman–Crippen MR) is 488 cm³/mol. The topological polar surface area (TPSA) is 13.0 Å². The van der Waals surface area contributed by atoms with Crippen molar-refractivity contribution < 1.29 is 0 Å². The Morgan fingerprint density at radius 3 is 0.658 bits per heavy atom. The number of hydrogen-bond acceptors (Lipinski definition) is 4. The number of hydrogen-bond donors (Lipinski definition) is 0. The van der Waals surface area contributed by atoms with E-state index in [1.807, 2.05) is 0 Å². The summed E-state index contributed by atoms with van der Waals surface area (Å²) in [5.74, 6) is 0. The van der Waals surface area contributed by atoms with Gasteiger partial charge in [-0.05, 0) is 267 Å². The normalized spacial score (nSPS) is 11.3. The molecule has 21 aromatic carbocycles. The molecular weight excluding hydrogens is 1380 g/mol. The molecule has 0 N–H and O–H groups in total. The zero-order chi connectivity index (χ0) is 75.7. The standard InChI is InChI=1S/C58H40N2.C52H36N2/c1-3-19-51(20-4-1)59(57-23-11-17-49-37-45-13-7-9-15-47(45)39-55(49)57)53-33-29-43(30-34-53)41-25-27-42(28-26-41)44-31-35-54(36-32-44)60(52-21-5-2-6-22-52)58-24-12-18-50-38-46-14-8-10-16-48(46)40-56(50)58;1-3-13-43(14-4-1)53(47-31-33-51-41(35-47)21-19-39-11-7-9-17-49(39)51)45-27-23-37(24-28-45)38-25-29-46(30-26-38)54(44-15-5-2-6-16-44)48-32-34-52-42(36-48)22-20-40-12-8-10-18-50(40)52/h1-40H;1-36H. The summed E-state index contributed by atoms with van der Waals surface area (Å²) in [6.45, 7) is 0. The van der Waals surface area contributed by atoms with Gasteiger partial charge in [-0.25, -0.2) is 0 Å². The minimum absolute atomic E-state index is 1.11. The van der Waals surface area contributed by atoms with Crippen molar-refractivity contribution in [2.75, 3.05) is 19.6 Å². The molecule has 0 amide bonds. The summed E-state index contributed by atoms with van der Waals surface area (Å²) < 4.78 is 0. The van der Waals surface area contributed by atoms with Gasteiger partial charge in [-0.2, -0.15) is 0 Å². The largest absolute Gasteiger partial charge is 0.310 e. The average Bonchev–Trinajstić information content (AvgIpc) is 0.775. The Morgan fingerprint density at radius 1 is 0.105 bits per heavy atom. The van der Waals surface area contributed by atoms with Gasteiger partial charge >= 0.3 is 0 Å². The van der Waals surface area contributed by atoms with Crippen LogP contribution in [-0.4, -0.2) is 0 Å². The van der Waals surface area contributed by atoms with Crippen LogP contribution in [0.25, 0.3) is 120 Å². The zero-order valence-electron chi connectivity index (χ0n) is 62.7. The van der Waals surface area contributed by atoms with E-state index in [9.17, 15) is 0 Å². The van der Waals surface area contributed by atoms with Crippen molar-refractivity contribution in [3.63, 3.8) is 0 Å². The second kappa shape index (κ2) is 30.1. The van der Waals surface area contributed by atoms with Crippen LogP contribution in [0.1, 0.15) is 0 Å². The van der Waals surface area contributed by atoms with Gasteiger partial charge in [0, 0.05) is 67.6 Å². The highest BCUT2D eigenvalue weighted by atomic mass is 15.2. The van der Waals surface area contributed by atoms with E-state index in [2.05, 4.69) is 481 Å². The third-order valence-electron chi connectivity index (χ3n) is 22.3. The molecule has 0 aliphatic carbocycles. The fraction of sp³-hybridized carbons (Fsp3) is 0. The Kier molecular flexibility index (Phi) is 18.0. The van der Waals surface area contributed by atoms with Crippen LogP contribution in [0.5, 0.6) is 0 Å². The highest BCUT2D eigenvalue weighted by Crippen LogP contribution is 2.46. The first-order chi connectivity index (χ1) is 56.5. The zero-order valence-corrected chi connectivity index (χ0v) is 62.7. The first-order valence-corrected chi connectivity index (χ1v) is 39.1. The molecule has 0 aliphatic heterocycles. The lowest BCUT2D eigenvalue weighted by atomic mass is 9.99. The van der Waals surface area contributed by atoms with E-state index in [0.29, 0.717) is 0 Å². The second-order valence-electron chi connectivity index (χ2n) is 29.2. The molecule has 0 atom stereocenters. The lowest BCUT2D eigenvalue weighted by molar-refractivity contribution is 1.28. The van der Waals surface area contributed by atoms with Gasteiger partial charge in [-0.15, -0.1) is 0 Å². The lowest BCUT2D eigenvalue weighted by Crippen LogP contribution is -2.10. The molecule has 21 aromatic rings. The summed E-state index contributed by atoms with van der Waals surface area (Å²) in [6, 6.07) is 167. The summed E-state index contributed by atoms with van der Waals surface area (Å²) in [5, 5.41) is 20.0. The van der Waals surface area contributed by atoms with E-state index in [1.165, 1.54) is 120 Å². The molecule has 0 aromatic heterocycles. The number of para-hydroxylation sites is 4. The molecule has 0 spiro atoms. The molecule has 4 nitrogen and oxygen atoms in total. The van der Waals surface area contributed by atoms with Crippen molar-refractivity contribution >= 4 is 154 Å². The van der Waals surface area contributed by atoms with Crippen LogP contribution >= 0.6 is 0 Å². The molecule has 0 radical (unpaired) electrons. The van der Waals surface area contributed by atoms with Crippen LogP contribution in [0, 0.1) is 0 Å². The van der Waals surface area contributed by atoms with Crippen LogP contribution in [0.4, 0.5) is 68.2 Å². The number of fused-ring (bicyclic) bond motifs is 10. The number of rotatable bonds is 15. The minimum Gasteiger partial charge on any atom is -0.310 e. The maximum Gasteiger partial charge on any atom is 0.0540 e. The summed E-state index contributed by atoms with van der Waals surface area (Å²) in [6.07, 6.45) is 0. The molecule has 114 heavy (non-hydrogen) atoms. The summed E-state index contributed by atoms with van der Waals surface area (Å²) in [7, 11) is 0. The van der Waals surface area contributed by atoms with Gasteiger partial charge in [0.05, 0.1) is 11.4 Å². The minimum atomic E-state index is 1.11. The lowest BCUT2D eigenvalue weighted by Gasteiger charge is -2.27. The Balaban J connectivity index is 0.000000149. The number of anilines is 12. The van der Waals surface area contributed by atoms with E-state index in [1.54, 1.807) is 0 Å². The first-order valence-electron chi connectivity index (χ1n) is 39.1. The SMILES string of the molecule is c1ccc(N(c2ccc(-c3ccc(-c4ccc(N(c5ccccc5)c5cccc6cc7ccccc7cc56)cc4)cc3)cc2)c2cccc3cc4ccccc4cc23)cc1.c1ccc(N(c2ccc(-c3ccc(N(c4ccccc4)c4ccc5c(ccc6ccccc65)c4)cc3)cc2)c2ccc3c(ccc4ccccc43)c2)cc1. The highest BCUT2D eigenvalue weighted by molar-refractivity contribution is 6.12. The maximum absolute atomic E-state index is 2.37. The van der Waals surface area contributed by atoms with Crippen molar-refractivity contribution in [3.05, 3.63) is 461 Å². The van der Waals surface area contributed by atoms with E-state index in [0.717, 1.165) is 68.2 Å². The van der Waals surface area contributed by atoms with Gasteiger partial charge < -0.3 is 19.6 Å². The van der Waals surface area contributed by atoms with Crippen LogP contribution in [-0.2, 0) is 0 Å². The molecule has 0 saturated carbocycles.